The number of amides is 2. The van der Waals surface area contributed by atoms with Gasteiger partial charge in [0.2, 0.25) is 0 Å². The van der Waals surface area contributed by atoms with Gasteiger partial charge in [-0.25, -0.2) is 5.43 Å². The normalized spacial score (nSPS) is 10.2. The van der Waals surface area contributed by atoms with Gasteiger partial charge in [0, 0.05) is 7.05 Å². The van der Waals surface area contributed by atoms with Crippen LogP contribution in [-0.2, 0) is 14.4 Å². The lowest BCUT2D eigenvalue weighted by Gasteiger charge is -2.13. The van der Waals surface area contributed by atoms with Gasteiger partial charge in [-0.05, 0) is 17.7 Å². The number of rotatable bonds is 6. The monoisotopic (exact) mass is 342 g/mol. The number of methoxy groups -OCH3 is 1. The predicted octanol–water partition coefficient (Wildman–Crippen LogP) is -1.33. The summed E-state index contributed by atoms with van der Waals surface area (Å²) in [6.07, 6.45) is 1.22. The lowest BCUT2D eigenvalue weighted by molar-refractivity contribution is -0.307. The predicted molar refractivity (Wildman–Crippen MR) is 78.3 cm³/mol. The Hall–Kier alpha value is -2.81. The van der Waals surface area contributed by atoms with E-state index in [1.54, 1.807) is 0 Å². The van der Waals surface area contributed by atoms with Crippen molar-refractivity contribution < 1.29 is 29.0 Å². The maximum Gasteiger partial charge on any atom is 0.329 e. The minimum absolute atomic E-state index is 0.0323. The number of aliphatic carboxylic acids is 1. The van der Waals surface area contributed by atoms with Gasteiger partial charge in [0.05, 0.1) is 24.3 Å². The zero-order chi connectivity index (χ0) is 17.4. The van der Waals surface area contributed by atoms with Gasteiger partial charge in [0.15, 0.2) is 11.5 Å². The zero-order valence-electron chi connectivity index (χ0n) is 12.2. The van der Waals surface area contributed by atoms with E-state index in [4.69, 9.17) is 21.1 Å². The van der Waals surface area contributed by atoms with E-state index in [-0.39, 0.29) is 16.5 Å². The fraction of sp³-hybridized carbons (Fsp3) is 0.231. The van der Waals surface area contributed by atoms with Crippen LogP contribution >= 0.6 is 11.6 Å². The maximum absolute atomic E-state index is 11.2. The van der Waals surface area contributed by atoms with Crippen molar-refractivity contribution in [1.82, 2.24) is 10.7 Å². The first kappa shape index (κ1) is 18.2. The van der Waals surface area contributed by atoms with E-state index in [2.05, 4.69) is 10.4 Å². The number of hydrogen-bond donors (Lipinski definition) is 2. The number of benzene rings is 1. The molecule has 0 aliphatic carbocycles. The maximum atomic E-state index is 11.2. The van der Waals surface area contributed by atoms with E-state index >= 15 is 0 Å². The molecule has 0 radical (unpaired) electrons. The average Bonchev–Trinajstić information content (AvgIpc) is 2.52. The number of ether oxygens (including phenoxy) is 2. The summed E-state index contributed by atoms with van der Waals surface area (Å²) in [6.45, 7) is -0.689. The quantitative estimate of drug-likeness (QED) is 0.374. The minimum Gasteiger partial charge on any atom is -0.546 e. The Labute approximate surface area is 136 Å². The summed E-state index contributed by atoms with van der Waals surface area (Å²) in [6, 6.07) is 2.86. The van der Waals surface area contributed by atoms with Gasteiger partial charge in [0.25, 0.3) is 0 Å². The van der Waals surface area contributed by atoms with Crippen molar-refractivity contribution in [2.75, 3.05) is 20.8 Å². The summed E-state index contributed by atoms with van der Waals surface area (Å²) < 4.78 is 10.0. The molecule has 0 atom stereocenters. The molecule has 0 aliphatic heterocycles. The number of halogens is 1. The third kappa shape index (κ3) is 5.47. The first-order chi connectivity index (χ1) is 10.9. The number of nitrogens with zero attached hydrogens (tertiary/aromatic N) is 1. The van der Waals surface area contributed by atoms with E-state index in [1.165, 1.54) is 32.5 Å². The van der Waals surface area contributed by atoms with Crippen LogP contribution in [0.5, 0.6) is 11.5 Å². The number of carbonyl (C=O) groups excluding carboxylic acids is 3. The number of nitrogens with one attached hydrogen (secondary N) is 2. The highest BCUT2D eigenvalue weighted by molar-refractivity contribution is 6.35. The van der Waals surface area contributed by atoms with Crippen molar-refractivity contribution in [2.45, 2.75) is 0 Å². The number of hydrazone groups is 1. The largest absolute Gasteiger partial charge is 0.546 e. The van der Waals surface area contributed by atoms with E-state index in [1.807, 2.05) is 5.43 Å². The van der Waals surface area contributed by atoms with E-state index < -0.39 is 24.4 Å². The summed E-state index contributed by atoms with van der Waals surface area (Å²) in [7, 11) is 2.65. The first-order valence-corrected chi connectivity index (χ1v) is 6.52. The number of likely N-dealkylation sites (N-methyl/N-ethyl adjacent to an activating group) is 1. The summed E-state index contributed by atoms with van der Waals surface area (Å²) in [4.78, 5) is 32.6. The molecule has 0 bridgehead atoms. The highest BCUT2D eigenvalue weighted by Gasteiger charge is 2.12. The van der Waals surface area contributed by atoms with E-state index in [9.17, 15) is 19.5 Å². The molecule has 124 valence electrons. The lowest BCUT2D eigenvalue weighted by atomic mass is 10.2. The Morgan fingerprint density at radius 2 is 2.04 bits per heavy atom. The Bertz CT molecular complexity index is 647. The van der Waals surface area contributed by atoms with Gasteiger partial charge < -0.3 is 24.7 Å². The van der Waals surface area contributed by atoms with E-state index in [0.29, 0.717) is 5.56 Å². The zero-order valence-corrected chi connectivity index (χ0v) is 13.0. The van der Waals surface area contributed by atoms with Crippen LogP contribution in [0.25, 0.3) is 0 Å². The Morgan fingerprint density at radius 1 is 1.35 bits per heavy atom. The van der Waals surface area contributed by atoms with Gasteiger partial charge >= 0.3 is 11.8 Å². The van der Waals surface area contributed by atoms with Crippen molar-refractivity contribution in [3.63, 3.8) is 0 Å². The van der Waals surface area contributed by atoms with Gasteiger partial charge in [-0.2, -0.15) is 5.10 Å². The van der Waals surface area contributed by atoms with Crippen LogP contribution in [0.4, 0.5) is 0 Å². The van der Waals surface area contributed by atoms with Crippen LogP contribution in [0.2, 0.25) is 5.02 Å². The third-order valence-corrected chi connectivity index (χ3v) is 2.68. The van der Waals surface area contributed by atoms with Crippen LogP contribution in [0.3, 0.4) is 0 Å². The Morgan fingerprint density at radius 3 is 2.61 bits per heavy atom. The Balaban J connectivity index is 2.89. The fourth-order valence-corrected chi connectivity index (χ4v) is 1.69. The molecule has 0 heterocycles. The molecular formula is C13H13ClN3O6-. The number of hydrogen-bond acceptors (Lipinski definition) is 7. The Kier molecular flexibility index (Phi) is 6.81. The van der Waals surface area contributed by atoms with Crippen molar-refractivity contribution in [2.24, 2.45) is 5.10 Å². The van der Waals surface area contributed by atoms with Gasteiger partial charge in [-0.3, -0.25) is 9.59 Å². The molecule has 1 aromatic rings. The second-order valence-electron chi connectivity index (χ2n) is 3.97. The fourth-order valence-electron chi connectivity index (χ4n) is 1.42. The summed E-state index contributed by atoms with van der Waals surface area (Å²) in [5.41, 5.74) is 2.43. The molecule has 0 saturated carbocycles. The smallest absolute Gasteiger partial charge is 0.329 e. The lowest BCUT2D eigenvalue weighted by Crippen LogP contribution is -2.35. The molecule has 10 heteroatoms. The number of carboxylic acid groups (broad SMARTS) is 1. The summed E-state index contributed by atoms with van der Waals surface area (Å²) in [5.74, 6) is -2.99. The second kappa shape index (κ2) is 8.59. The molecule has 1 rings (SSSR count). The van der Waals surface area contributed by atoms with Crippen molar-refractivity contribution in [3.05, 3.63) is 22.7 Å². The molecule has 0 aromatic heterocycles. The number of carbonyl (C=O) groups is 3. The molecule has 9 nitrogen and oxygen atoms in total. The highest BCUT2D eigenvalue weighted by Crippen LogP contribution is 2.35. The number of carboxylic acids is 1. The molecule has 0 spiro atoms. The van der Waals surface area contributed by atoms with Crippen molar-refractivity contribution in [1.29, 1.82) is 0 Å². The topological polar surface area (TPSA) is 129 Å². The molecular weight excluding hydrogens is 330 g/mol. The average molecular weight is 343 g/mol. The first-order valence-electron chi connectivity index (χ1n) is 6.14. The minimum atomic E-state index is -1.41. The van der Waals surface area contributed by atoms with Crippen LogP contribution in [0.15, 0.2) is 17.2 Å². The molecule has 1 aromatic carbocycles. The second-order valence-corrected chi connectivity index (χ2v) is 4.38. The third-order valence-electron chi connectivity index (χ3n) is 2.40. The van der Waals surface area contributed by atoms with Crippen LogP contribution in [0.1, 0.15) is 5.56 Å². The van der Waals surface area contributed by atoms with Crippen LogP contribution < -0.4 is 25.3 Å². The molecule has 0 unspecified atom stereocenters. The SMILES string of the molecule is CNC(=O)C(=O)N/N=C\c1cc(Cl)c(OCC(=O)[O-])c(OC)c1. The molecule has 2 N–H and O–H groups in total. The highest BCUT2D eigenvalue weighted by atomic mass is 35.5. The van der Waals surface area contributed by atoms with Crippen molar-refractivity contribution in [3.8, 4) is 11.5 Å². The van der Waals surface area contributed by atoms with Gasteiger partial charge in [-0.15, -0.1) is 0 Å². The van der Waals surface area contributed by atoms with E-state index in [0.717, 1.165) is 0 Å². The molecule has 0 fully saturated rings. The summed E-state index contributed by atoms with van der Waals surface area (Å²) in [5, 5.41) is 16.2. The molecule has 0 saturated heterocycles. The van der Waals surface area contributed by atoms with Crippen LogP contribution in [-0.4, -0.2) is 44.8 Å². The van der Waals surface area contributed by atoms with Crippen molar-refractivity contribution >= 4 is 35.6 Å². The van der Waals surface area contributed by atoms with Gasteiger partial charge in [-0.1, -0.05) is 11.6 Å². The molecule has 23 heavy (non-hydrogen) atoms. The van der Waals surface area contributed by atoms with Gasteiger partial charge in [0.1, 0.15) is 6.61 Å². The van der Waals surface area contributed by atoms with Crippen LogP contribution in [0, 0.1) is 0 Å². The molecule has 2 amide bonds. The molecule has 0 aliphatic rings. The standard InChI is InChI=1S/C13H14ClN3O6/c1-15-12(20)13(21)17-16-5-7-3-8(14)11(9(4-7)22-2)23-6-10(18)19/h3-5H,6H2,1-2H3,(H,15,20)(H,17,21)(H,18,19)/p-1/b16-5-. The summed E-state index contributed by atoms with van der Waals surface area (Å²) >= 11 is 5.98.